The molecule has 1 aromatic carbocycles. The van der Waals surface area contributed by atoms with Crippen LogP contribution in [0.15, 0.2) is 18.2 Å². The Bertz CT molecular complexity index is 368. The topological polar surface area (TPSA) is 29.1 Å². The van der Waals surface area contributed by atoms with Gasteiger partial charge in [0.05, 0.1) is 0 Å². The first-order valence-corrected chi connectivity index (χ1v) is 6.75. The lowest BCUT2D eigenvalue weighted by atomic mass is 10.2. The van der Waals surface area contributed by atoms with Gasteiger partial charge in [-0.1, -0.05) is 33.6 Å². The Balaban J connectivity index is 2.52. The first kappa shape index (κ1) is 13.5. The van der Waals surface area contributed by atoms with Gasteiger partial charge in [-0.15, -0.1) is 0 Å². The molecule has 0 spiro atoms. The maximum absolute atomic E-state index is 11.6. The van der Waals surface area contributed by atoms with E-state index in [4.69, 9.17) is 11.6 Å². The zero-order chi connectivity index (χ0) is 12.0. The van der Waals surface area contributed by atoms with E-state index in [1.165, 1.54) is 0 Å². The van der Waals surface area contributed by atoms with Crippen molar-refractivity contribution in [3.8, 4) is 0 Å². The van der Waals surface area contributed by atoms with Gasteiger partial charge in [0.2, 0.25) is 5.91 Å². The van der Waals surface area contributed by atoms with Crippen molar-refractivity contribution in [1.29, 1.82) is 0 Å². The van der Waals surface area contributed by atoms with Gasteiger partial charge in [0.15, 0.2) is 0 Å². The number of hydrogen-bond donors (Lipinski definition) is 1. The molecule has 1 aromatic rings. The van der Waals surface area contributed by atoms with E-state index in [0.717, 1.165) is 29.4 Å². The molecule has 0 aliphatic rings. The van der Waals surface area contributed by atoms with Gasteiger partial charge >= 0.3 is 0 Å². The van der Waals surface area contributed by atoms with Crippen molar-refractivity contribution < 1.29 is 4.79 Å². The zero-order valence-electron chi connectivity index (χ0n) is 9.22. The summed E-state index contributed by atoms with van der Waals surface area (Å²) in [4.78, 5) is 11.6. The smallest absolute Gasteiger partial charge is 0.224 e. The summed E-state index contributed by atoms with van der Waals surface area (Å²) in [6, 6.07) is 5.49. The van der Waals surface area contributed by atoms with Crippen LogP contribution in [0, 0.1) is 6.92 Å². The number of benzene rings is 1. The summed E-state index contributed by atoms with van der Waals surface area (Å²) in [5, 5.41) is 4.45. The Morgan fingerprint density at radius 2 is 2.19 bits per heavy atom. The van der Waals surface area contributed by atoms with Gasteiger partial charge in [0.25, 0.3) is 0 Å². The molecule has 2 nitrogen and oxygen atoms in total. The highest BCUT2D eigenvalue weighted by Gasteiger charge is 2.04. The summed E-state index contributed by atoms with van der Waals surface area (Å²) in [5.74, 6) is 0.0475. The number of halogens is 2. The van der Waals surface area contributed by atoms with Gasteiger partial charge in [-0.2, -0.15) is 0 Å². The maximum atomic E-state index is 11.6. The number of hydrogen-bond acceptors (Lipinski definition) is 1. The predicted octanol–water partition coefficient (Wildman–Crippen LogP) is 4.15. The minimum atomic E-state index is 0.0475. The highest BCUT2D eigenvalue weighted by atomic mass is 79.9. The number of anilines is 1. The fraction of sp³-hybridized carbons (Fsp3) is 0.417. The third kappa shape index (κ3) is 4.54. The summed E-state index contributed by atoms with van der Waals surface area (Å²) in [5.41, 5.74) is 1.83. The minimum absolute atomic E-state index is 0.0475. The molecule has 4 heteroatoms. The van der Waals surface area contributed by atoms with Crippen LogP contribution in [0.2, 0.25) is 5.02 Å². The Labute approximate surface area is 110 Å². The van der Waals surface area contributed by atoms with E-state index in [1.54, 1.807) is 6.07 Å². The number of unbranched alkanes of at least 4 members (excludes halogenated alkanes) is 1. The van der Waals surface area contributed by atoms with Gasteiger partial charge < -0.3 is 5.32 Å². The van der Waals surface area contributed by atoms with Crippen molar-refractivity contribution in [1.82, 2.24) is 0 Å². The molecule has 0 bridgehead atoms. The van der Waals surface area contributed by atoms with E-state index in [2.05, 4.69) is 21.2 Å². The molecule has 0 heterocycles. The molecule has 16 heavy (non-hydrogen) atoms. The van der Waals surface area contributed by atoms with E-state index in [1.807, 2.05) is 19.1 Å². The van der Waals surface area contributed by atoms with Crippen LogP contribution in [-0.2, 0) is 4.79 Å². The van der Waals surface area contributed by atoms with Crippen LogP contribution in [0.3, 0.4) is 0 Å². The second-order valence-electron chi connectivity index (χ2n) is 3.65. The molecular weight excluding hydrogens is 289 g/mol. The molecule has 0 atom stereocenters. The van der Waals surface area contributed by atoms with Crippen molar-refractivity contribution >= 4 is 39.1 Å². The van der Waals surface area contributed by atoms with E-state index < -0.39 is 0 Å². The normalized spacial score (nSPS) is 10.2. The van der Waals surface area contributed by atoms with Crippen molar-refractivity contribution in [2.45, 2.75) is 26.2 Å². The maximum Gasteiger partial charge on any atom is 0.224 e. The van der Waals surface area contributed by atoms with Crippen molar-refractivity contribution in [2.75, 3.05) is 10.6 Å². The van der Waals surface area contributed by atoms with Crippen LogP contribution in [0.1, 0.15) is 24.8 Å². The molecule has 0 fully saturated rings. The molecule has 88 valence electrons. The average molecular weight is 305 g/mol. The number of aryl methyl sites for hydroxylation is 1. The van der Waals surface area contributed by atoms with Gasteiger partial charge in [-0.3, -0.25) is 4.79 Å². The van der Waals surface area contributed by atoms with Crippen LogP contribution in [0.4, 0.5) is 5.69 Å². The molecule has 1 rings (SSSR count). The van der Waals surface area contributed by atoms with E-state index in [-0.39, 0.29) is 5.91 Å². The van der Waals surface area contributed by atoms with Crippen molar-refractivity contribution in [3.05, 3.63) is 28.8 Å². The summed E-state index contributed by atoms with van der Waals surface area (Å²) in [6.45, 7) is 1.95. The zero-order valence-corrected chi connectivity index (χ0v) is 11.6. The third-order valence-corrected chi connectivity index (χ3v) is 3.06. The van der Waals surface area contributed by atoms with E-state index in [0.29, 0.717) is 11.4 Å². The first-order valence-electron chi connectivity index (χ1n) is 5.25. The number of carbonyl (C=O) groups excluding carboxylic acids is 1. The second kappa shape index (κ2) is 6.92. The van der Waals surface area contributed by atoms with Crippen LogP contribution in [0.5, 0.6) is 0 Å². The lowest BCUT2D eigenvalue weighted by Gasteiger charge is -2.08. The molecule has 0 aliphatic heterocycles. The number of rotatable bonds is 5. The van der Waals surface area contributed by atoms with Gasteiger partial charge in [-0.05, 0) is 37.5 Å². The largest absolute Gasteiger partial charge is 0.326 e. The van der Waals surface area contributed by atoms with Crippen LogP contribution in [0.25, 0.3) is 0 Å². The highest BCUT2D eigenvalue weighted by molar-refractivity contribution is 9.09. The van der Waals surface area contributed by atoms with Crippen molar-refractivity contribution in [2.24, 2.45) is 0 Å². The van der Waals surface area contributed by atoms with Crippen LogP contribution >= 0.6 is 27.5 Å². The molecule has 0 unspecified atom stereocenters. The van der Waals surface area contributed by atoms with Crippen LogP contribution < -0.4 is 5.32 Å². The lowest BCUT2D eigenvalue weighted by molar-refractivity contribution is -0.116. The number of amides is 1. The van der Waals surface area contributed by atoms with Gasteiger partial charge in [-0.25, -0.2) is 0 Å². The Morgan fingerprint density at radius 3 is 2.88 bits per heavy atom. The predicted molar refractivity (Wildman–Crippen MR) is 72.5 cm³/mol. The first-order chi connectivity index (χ1) is 7.63. The Morgan fingerprint density at radius 1 is 1.44 bits per heavy atom. The van der Waals surface area contributed by atoms with Crippen molar-refractivity contribution in [3.63, 3.8) is 0 Å². The second-order valence-corrected chi connectivity index (χ2v) is 4.88. The average Bonchev–Trinajstić information content (AvgIpc) is 2.24. The molecular formula is C12H15BrClNO. The molecule has 1 amide bonds. The van der Waals surface area contributed by atoms with Gasteiger partial charge in [0, 0.05) is 22.5 Å². The number of alkyl halides is 1. The van der Waals surface area contributed by atoms with E-state index >= 15 is 0 Å². The summed E-state index contributed by atoms with van der Waals surface area (Å²) < 4.78 is 0. The number of nitrogens with one attached hydrogen (secondary N) is 1. The molecule has 0 aliphatic carbocycles. The molecule has 0 aromatic heterocycles. The monoisotopic (exact) mass is 303 g/mol. The standard InChI is InChI=1S/C12H15BrClNO/c1-9-5-6-10(14)8-11(9)15-12(16)4-2-3-7-13/h5-6,8H,2-4,7H2,1H3,(H,15,16). The summed E-state index contributed by atoms with van der Waals surface area (Å²) in [6.07, 6.45) is 2.47. The Hall–Kier alpha value is -0.540. The lowest BCUT2D eigenvalue weighted by Crippen LogP contribution is -2.12. The summed E-state index contributed by atoms with van der Waals surface area (Å²) in [7, 11) is 0. The molecule has 0 radical (unpaired) electrons. The number of carbonyl (C=O) groups is 1. The third-order valence-electron chi connectivity index (χ3n) is 2.26. The fourth-order valence-electron chi connectivity index (χ4n) is 1.32. The highest BCUT2D eigenvalue weighted by Crippen LogP contribution is 2.20. The SMILES string of the molecule is Cc1ccc(Cl)cc1NC(=O)CCCCBr. The summed E-state index contributed by atoms with van der Waals surface area (Å²) >= 11 is 9.21. The minimum Gasteiger partial charge on any atom is -0.326 e. The van der Waals surface area contributed by atoms with E-state index in [9.17, 15) is 4.79 Å². The van der Waals surface area contributed by atoms with Gasteiger partial charge in [0.1, 0.15) is 0 Å². The Kier molecular flexibility index (Phi) is 5.85. The van der Waals surface area contributed by atoms with Crippen LogP contribution in [-0.4, -0.2) is 11.2 Å². The molecule has 1 N–H and O–H groups in total. The quantitative estimate of drug-likeness (QED) is 0.642. The fourth-order valence-corrected chi connectivity index (χ4v) is 1.89. The molecule has 0 saturated carbocycles. The molecule has 0 saturated heterocycles.